The number of halogens is 2. The Kier molecular flexibility index (Phi) is 11.2. The van der Waals surface area contributed by atoms with Gasteiger partial charge in [-0.25, -0.2) is 4.39 Å². The SMILES string of the molecule is OCCCCCCCCC(I)CF. The molecule has 0 rings (SSSR count). The Morgan fingerprint density at radius 1 is 1.00 bits per heavy atom. The third-order valence-electron chi connectivity index (χ3n) is 2.09. The third kappa shape index (κ3) is 10.5. The largest absolute Gasteiger partial charge is 0.396 e. The van der Waals surface area contributed by atoms with Gasteiger partial charge in [0.15, 0.2) is 0 Å². The maximum atomic E-state index is 12.0. The van der Waals surface area contributed by atoms with Crippen molar-refractivity contribution in [2.24, 2.45) is 0 Å². The molecule has 1 N–H and O–H groups in total. The molecule has 1 atom stereocenters. The van der Waals surface area contributed by atoms with Gasteiger partial charge in [-0.2, -0.15) is 0 Å². The van der Waals surface area contributed by atoms with Crippen LogP contribution in [0.4, 0.5) is 4.39 Å². The minimum absolute atomic E-state index is 0.189. The fraction of sp³-hybridized carbons (Fsp3) is 1.00. The molecule has 0 spiro atoms. The number of alkyl halides is 2. The topological polar surface area (TPSA) is 20.2 Å². The van der Waals surface area contributed by atoms with Crippen LogP contribution in [0.2, 0.25) is 0 Å². The van der Waals surface area contributed by atoms with E-state index in [9.17, 15) is 4.39 Å². The Morgan fingerprint density at radius 2 is 1.54 bits per heavy atom. The zero-order chi connectivity index (χ0) is 9.94. The highest BCUT2D eigenvalue weighted by Crippen LogP contribution is 2.13. The van der Waals surface area contributed by atoms with E-state index in [0.717, 1.165) is 25.7 Å². The minimum Gasteiger partial charge on any atom is -0.396 e. The average molecular weight is 302 g/mol. The van der Waals surface area contributed by atoms with Crippen molar-refractivity contribution in [3.63, 3.8) is 0 Å². The van der Waals surface area contributed by atoms with Crippen LogP contribution in [0.3, 0.4) is 0 Å². The molecule has 0 saturated carbocycles. The Bertz CT molecular complexity index is 101. The first-order valence-corrected chi connectivity index (χ1v) is 6.36. The maximum Gasteiger partial charge on any atom is 0.101 e. The summed E-state index contributed by atoms with van der Waals surface area (Å²) in [5, 5.41) is 8.53. The average Bonchev–Trinajstić information content (AvgIpc) is 2.16. The normalized spacial score (nSPS) is 13.2. The summed E-state index contributed by atoms with van der Waals surface area (Å²) >= 11 is 2.17. The molecule has 0 saturated heterocycles. The molecule has 0 radical (unpaired) electrons. The van der Waals surface area contributed by atoms with Crippen LogP contribution in [-0.2, 0) is 0 Å². The lowest BCUT2D eigenvalue weighted by atomic mass is 10.1. The summed E-state index contributed by atoms with van der Waals surface area (Å²) in [6.45, 7) is 0.128. The highest BCUT2D eigenvalue weighted by Gasteiger charge is 2.01. The van der Waals surface area contributed by atoms with Crippen LogP contribution in [0.5, 0.6) is 0 Å². The molecule has 1 nitrogen and oxygen atoms in total. The fourth-order valence-electron chi connectivity index (χ4n) is 1.26. The highest BCUT2D eigenvalue weighted by atomic mass is 127. The van der Waals surface area contributed by atoms with E-state index >= 15 is 0 Å². The van der Waals surface area contributed by atoms with Crippen molar-refractivity contribution in [2.45, 2.75) is 48.9 Å². The molecule has 0 amide bonds. The maximum absolute atomic E-state index is 12.0. The number of hydrogen-bond donors (Lipinski definition) is 1. The summed E-state index contributed by atoms with van der Waals surface area (Å²) < 4.78 is 12.2. The van der Waals surface area contributed by atoms with Crippen molar-refractivity contribution in [2.75, 3.05) is 13.3 Å². The molecule has 0 aromatic heterocycles. The first-order valence-electron chi connectivity index (χ1n) is 5.12. The Morgan fingerprint density at radius 3 is 2.08 bits per heavy atom. The van der Waals surface area contributed by atoms with Crippen LogP contribution in [0, 0.1) is 0 Å². The summed E-state index contributed by atoms with van der Waals surface area (Å²) in [6.07, 6.45) is 7.88. The van der Waals surface area contributed by atoms with Crippen molar-refractivity contribution in [3.05, 3.63) is 0 Å². The van der Waals surface area contributed by atoms with Gasteiger partial charge in [-0.3, -0.25) is 0 Å². The van der Waals surface area contributed by atoms with Gasteiger partial charge in [0.25, 0.3) is 0 Å². The summed E-state index contributed by atoms with van der Waals surface area (Å²) in [5.41, 5.74) is 0. The molecule has 1 unspecified atom stereocenters. The summed E-state index contributed by atoms with van der Waals surface area (Å²) in [6, 6.07) is 0. The van der Waals surface area contributed by atoms with Gasteiger partial charge in [-0.05, 0) is 12.8 Å². The molecule has 3 heteroatoms. The van der Waals surface area contributed by atoms with Gasteiger partial charge in [-0.1, -0.05) is 54.7 Å². The second kappa shape index (κ2) is 10.7. The molecule has 0 aromatic carbocycles. The quantitative estimate of drug-likeness (QED) is 0.393. The van der Waals surface area contributed by atoms with Gasteiger partial charge in [-0.15, -0.1) is 0 Å². The van der Waals surface area contributed by atoms with Gasteiger partial charge in [0.05, 0.1) is 0 Å². The van der Waals surface area contributed by atoms with Gasteiger partial charge < -0.3 is 5.11 Å². The first-order chi connectivity index (χ1) is 6.31. The Hall–Kier alpha value is 0.620. The zero-order valence-corrected chi connectivity index (χ0v) is 10.3. The summed E-state index contributed by atoms with van der Waals surface area (Å²) in [4.78, 5) is 0. The molecular weight excluding hydrogens is 282 g/mol. The molecule has 13 heavy (non-hydrogen) atoms. The number of unbranched alkanes of at least 4 members (excludes halogenated alkanes) is 5. The van der Waals surface area contributed by atoms with Crippen molar-refractivity contribution < 1.29 is 9.50 Å². The van der Waals surface area contributed by atoms with E-state index in [2.05, 4.69) is 22.6 Å². The zero-order valence-electron chi connectivity index (χ0n) is 8.14. The van der Waals surface area contributed by atoms with E-state index < -0.39 is 0 Å². The molecule has 0 aliphatic rings. The van der Waals surface area contributed by atoms with Crippen molar-refractivity contribution >= 4 is 22.6 Å². The number of aliphatic hydroxyl groups excluding tert-OH is 1. The molecule has 0 heterocycles. The second-order valence-electron chi connectivity index (χ2n) is 3.39. The predicted molar refractivity (Wildman–Crippen MR) is 63.2 cm³/mol. The smallest absolute Gasteiger partial charge is 0.101 e. The van der Waals surface area contributed by atoms with E-state index in [4.69, 9.17) is 5.11 Å². The van der Waals surface area contributed by atoms with Crippen LogP contribution in [0.15, 0.2) is 0 Å². The van der Waals surface area contributed by atoms with E-state index in [1.807, 2.05) is 0 Å². The van der Waals surface area contributed by atoms with E-state index in [-0.39, 0.29) is 10.6 Å². The molecule has 0 aromatic rings. The number of rotatable bonds is 9. The number of aliphatic hydroxyl groups is 1. The molecule has 0 fully saturated rings. The summed E-state index contributed by atoms with van der Waals surface area (Å²) in [5.74, 6) is 0. The lowest BCUT2D eigenvalue weighted by molar-refractivity contribution is 0.282. The molecular formula is C10H20FIO. The van der Waals surface area contributed by atoms with Crippen molar-refractivity contribution in [1.82, 2.24) is 0 Å². The minimum atomic E-state index is -0.189. The van der Waals surface area contributed by atoms with Crippen molar-refractivity contribution in [3.8, 4) is 0 Å². The molecule has 0 aliphatic heterocycles. The van der Waals surface area contributed by atoms with E-state index in [1.54, 1.807) is 0 Å². The highest BCUT2D eigenvalue weighted by molar-refractivity contribution is 14.1. The number of hydrogen-bond acceptors (Lipinski definition) is 1. The van der Waals surface area contributed by atoms with Crippen molar-refractivity contribution in [1.29, 1.82) is 0 Å². The van der Waals surface area contributed by atoms with E-state index in [1.165, 1.54) is 19.3 Å². The van der Waals surface area contributed by atoms with Crippen LogP contribution < -0.4 is 0 Å². The molecule has 0 aliphatic carbocycles. The van der Waals surface area contributed by atoms with Crippen LogP contribution in [0.25, 0.3) is 0 Å². The van der Waals surface area contributed by atoms with Crippen LogP contribution in [-0.4, -0.2) is 22.3 Å². The van der Waals surface area contributed by atoms with E-state index in [0.29, 0.717) is 6.61 Å². The van der Waals surface area contributed by atoms with Gasteiger partial charge in [0, 0.05) is 10.5 Å². The Labute approximate surface area is 94.2 Å². The standard InChI is InChI=1S/C10H20FIO/c11-9-10(12)7-5-3-1-2-4-6-8-13/h10,13H,1-9H2. The third-order valence-corrected chi connectivity index (χ3v) is 3.05. The van der Waals surface area contributed by atoms with Crippen LogP contribution >= 0.6 is 22.6 Å². The van der Waals surface area contributed by atoms with Gasteiger partial charge in [0.1, 0.15) is 6.67 Å². The second-order valence-corrected chi connectivity index (χ2v) is 5.15. The van der Waals surface area contributed by atoms with Crippen LogP contribution in [0.1, 0.15) is 44.9 Å². The lowest BCUT2D eigenvalue weighted by Gasteiger charge is -2.04. The van der Waals surface area contributed by atoms with Gasteiger partial charge >= 0.3 is 0 Å². The monoisotopic (exact) mass is 302 g/mol. The van der Waals surface area contributed by atoms with Gasteiger partial charge in [0.2, 0.25) is 0 Å². The first kappa shape index (κ1) is 13.6. The molecule has 0 bridgehead atoms. The fourth-order valence-corrected chi connectivity index (χ4v) is 1.70. The lowest BCUT2D eigenvalue weighted by Crippen LogP contribution is -1.98. The predicted octanol–water partition coefficient (Wildman–Crippen LogP) is 3.48. The molecule has 80 valence electrons. The summed E-state index contributed by atoms with van der Waals surface area (Å²) in [7, 11) is 0. The Balaban J connectivity index is 2.91.